The van der Waals surface area contributed by atoms with Gasteiger partial charge in [0.2, 0.25) is 0 Å². The van der Waals surface area contributed by atoms with Gasteiger partial charge in [-0.15, -0.1) is 0 Å². The van der Waals surface area contributed by atoms with Crippen LogP contribution in [0.2, 0.25) is 0 Å². The number of carbonyl (C=O) groups excluding carboxylic acids is 1. The predicted octanol–water partition coefficient (Wildman–Crippen LogP) is 2.94. The van der Waals surface area contributed by atoms with Crippen LogP contribution in [0.5, 0.6) is 0 Å². The maximum atomic E-state index is 10.6. The molecule has 0 saturated heterocycles. The van der Waals surface area contributed by atoms with Gasteiger partial charge in [-0.3, -0.25) is 0 Å². The van der Waals surface area contributed by atoms with Gasteiger partial charge in [0.15, 0.2) is 0 Å². The molecule has 0 aromatic heterocycles. The number of rotatable bonds is 2. The quantitative estimate of drug-likeness (QED) is 0.512. The Morgan fingerprint density at radius 1 is 1.07 bits per heavy atom. The Balaban J connectivity index is 2.12. The maximum absolute atomic E-state index is 10.6. The molecule has 2 unspecified atom stereocenters. The second-order valence-corrected chi connectivity index (χ2v) is 3.78. The van der Waals surface area contributed by atoms with Crippen LogP contribution >= 0.6 is 0 Å². The van der Waals surface area contributed by atoms with E-state index < -0.39 is 0 Å². The van der Waals surface area contributed by atoms with Crippen LogP contribution in [-0.4, -0.2) is 6.29 Å². The summed E-state index contributed by atoms with van der Waals surface area (Å²) in [6.07, 6.45) is 7.31. The Labute approximate surface area is 84.5 Å². The third-order valence-electron chi connectivity index (χ3n) is 2.80. The molecule has 72 valence electrons. The highest BCUT2D eigenvalue weighted by atomic mass is 16.1. The molecule has 1 aromatic rings. The summed E-state index contributed by atoms with van der Waals surface area (Å²) in [5.74, 6) is 0.655. The van der Waals surface area contributed by atoms with E-state index in [1.807, 2.05) is 12.1 Å². The minimum Gasteiger partial charge on any atom is -0.303 e. The van der Waals surface area contributed by atoms with Gasteiger partial charge in [0.25, 0.3) is 0 Å². The Bertz CT molecular complexity index is 326. The van der Waals surface area contributed by atoms with E-state index in [0.29, 0.717) is 5.92 Å². The number of carbonyl (C=O) groups is 1. The van der Waals surface area contributed by atoms with E-state index >= 15 is 0 Å². The lowest BCUT2D eigenvalue weighted by Crippen LogP contribution is -2.08. The SMILES string of the molecule is O=CC1C=CC(c2ccccc2)CC1. The zero-order chi connectivity index (χ0) is 9.80. The lowest BCUT2D eigenvalue weighted by atomic mass is 9.85. The Kier molecular flexibility index (Phi) is 2.78. The van der Waals surface area contributed by atoms with Crippen LogP contribution in [0.3, 0.4) is 0 Å². The van der Waals surface area contributed by atoms with Crippen LogP contribution < -0.4 is 0 Å². The highest BCUT2D eigenvalue weighted by molar-refractivity contribution is 5.57. The predicted molar refractivity (Wildman–Crippen MR) is 57.1 cm³/mol. The average Bonchev–Trinajstić information content (AvgIpc) is 2.30. The number of hydrogen-bond acceptors (Lipinski definition) is 1. The standard InChI is InChI=1S/C13H14O/c14-10-11-6-8-13(9-7-11)12-4-2-1-3-5-12/h1-6,8,10-11,13H,7,9H2. The molecule has 1 nitrogen and oxygen atoms in total. The fourth-order valence-electron chi connectivity index (χ4n) is 1.93. The van der Waals surface area contributed by atoms with Gasteiger partial charge in [-0.2, -0.15) is 0 Å². The monoisotopic (exact) mass is 186 g/mol. The first-order valence-electron chi connectivity index (χ1n) is 5.08. The lowest BCUT2D eigenvalue weighted by Gasteiger charge is -2.19. The Hall–Kier alpha value is -1.37. The highest BCUT2D eigenvalue weighted by Crippen LogP contribution is 2.29. The van der Waals surface area contributed by atoms with E-state index in [4.69, 9.17) is 0 Å². The summed E-state index contributed by atoms with van der Waals surface area (Å²) in [4.78, 5) is 10.6. The summed E-state index contributed by atoms with van der Waals surface area (Å²) >= 11 is 0. The van der Waals surface area contributed by atoms with Crippen molar-refractivity contribution in [1.82, 2.24) is 0 Å². The van der Waals surface area contributed by atoms with Gasteiger partial charge >= 0.3 is 0 Å². The van der Waals surface area contributed by atoms with Crippen molar-refractivity contribution in [2.75, 3.05) is 0 Å². The molecule has 1 heteroatoms. The van der Waals surface area contributed by atoms with Gasteiger partial charge < -0.3 is 4.79 Å². The van der Waals surface area contributed by atoms with Crippen molar-refractivity contribution >= 4 is 6.29 Å². The molecule has 0 fully saturated rings. The average molecular weight is 186 g/mol. The molecular weight excluding hydrogens is 172 g/mol. The molecule has 0 bridgehead atoms. The first-order valence-corrected chi connectivity index (χ1v) is 5.08. The van der Waals surface area contributed by atoms with Gasteiger partial charge in [0.1, 0.15) is 6.29 Å². The molecule has 0 heterocycles. The summed E-state index contributed by atoms with van der Waals surface area (Å²) in [6.45, 7) is 0. The van der Waals surface area contributed by atoms with Crippen molar-refractivity contribution in [2.45, 2.75) is 18.8 Å². The molecule has 1 aromatic carbocycles. The largest absolute Gasteiger partial charge is 0.303 e. The lowest BCUT2D eigenvalue weighted by molar-refractivity contribution is -0.110. The normalized spacial score (nSPS) is 26.0. The number of benzene rings is 1. The number of hydrogen-bond donors (Lipinski definition) is 0. The topological polar surface area (TPSA) is 17.1 Å². The minimum absolute atomic E-state index is 0.148. The summed E-state index contributed by atoms with van der Waals surface area (Å²) in [5.41, 5.74) is 1.35. The van der Waals surface area contributed by atoms with Crippen LogP contribution in [0.25, 0.3) is 0 Å². The van der Waals surface area contributed by atoms with Crippen molar-refractivity contribution in [3.8, 4) is 0 Å². The molecular formula is C13H14O. The first-order chi connectivity index (χ1) is 6.90. The molecule has 0 spiro atoms. The number of aldehydes is 1. The molecule has 0 radical (unpaired) electrons. The molecule has 1 aliphatic rings. The van der Waals surface area contributed by atoms with Gasteiger partial charge in [-0.05, 0) is 18.4 Å². The third kappa shape index (κ3) is 1.92. The fraction of sp³-hybridized carbons (Fsp3) is 0.308. The first kappa shape index (κ1) is 9.20. The van der Waals surface area contributed by atoms with Crippen LogP contribution in [0.4, 0.5) is 0 Å². The molecule has 0 saturated carbocycles. The Morgan fingerprint density at radius 3 is 2.43 bits per heavy atom. The maximum Gasteiger partial charge on any atom is 0.126 e. The molecule has 0 N–H and O–H groups in total. The smallest absolute Gasteiger partial charge is 0.126 e. The van der Waals surface area contributed by atoms with E-state index in [0.717, 1.165) is 19.1 Å². The van der Waals surface area contributed by atoms with E-state index in [1.54, 1.807) is 0 Å². The molecule has 0 aliphatic heterocycles. The van der Waals surface area contributed by atoms with E-state index in [1.165, 1.54) is 5.56 Å². The highest BCUT2D eigenvalue weighted by Gasteiger charge is 2.15. The molecule has 1 aliphatic carbocycles. The van der Waals surface area contributed by atoms with Crippen LogP contribution in [0.1, 0.15) is 24.3 Å². The van der Waals surface area contributed by atoms with Crippen LogP contribution in [0.15, 0.2) is 42.5 Å². The van der Waals surface area contributed by atoms with Crippen molar-refractivity contribution in [2.24, 2.45) is 5.92 Å². The fourth-order valence-corrected chi connectivity index (χ4v) is 1.93. The summed E-state index contributed by atoms with van der Waals surface area (Å²) in [6, 6.07) is 10.5. The van der Waals surface area contributed by atoms with E-state index in [9.17, 15) is 4.79 Å². The number of allylic oxidation sites excluding steroid dienone is 2. The van der Waals surface area contributed by atoms with Crippen molar-refractivity contribution in [3.63, 3.8) is 0 Å². The summed E-state index contributed by atoms with van der Waals surface area (Å²) < 4.78 is 0. The second-order valence-electron chi connectivity index (χ2n) is 3.78. The molecule has 14 heavy (non-hydrogen) atoms. The molecule has 2 atom stereocenters. The summed E-state index contributed by atoms with van der Waals surface area (Å²) in [5, 5.41) is 0. The third-order valence-corrected chi connectivity index (χ3v) is 2.80. The molecule has 0 amide bonds. The van der Waals surface area contributed by atoms with Crippen molar-refractivity contribution < 1.29 is 4.79 Å². The zero-order valence-corrected chi connectivity index (χ0v) is 8.10. The van der Waals surface area contributed by atoms with E-state index in [2.05, 4.69) is 30.3 Å². The van der Waals surface area contributed by atoms with Gasteiger partial charge in [0.05, 0.1) is 0 Å². The van der Waals surface area contributed by atoms with Crippen LogP contribution in [-0.2, 0) is 4.79 Å². The zero-order valence-electron chi connectivity index (χ0n) is 8.10. The molecule has 2 rings (SSSR count). The Morgan fingerprint density at radius 2 is 1.86 bits per heavy atom. The minimum atomic E-state index is 0.148. The van der Waals surface area contributed by atoms with Gasteiger partial charge in [-0.25, -0.2) is 0 Å². The van der Waals surface area contributed by atoms with Crippen LogP contribution in [0, 0.1) is 5.92 Å². The second kappa shape index (κ2) is 4.23. The summed E-state index contributed by atoms with van der Waals surface area (Å²) in [7, 11) is 0. The van der Waals surface area contributed by atoms with Crippen molar-refractivity contribution in [1.29, 1.82) is 0 Å². The van der Waals surface area contributed by atoms with E-state index in [-0.39, 0.29) is 5.92 Å². The van der Waals surface area contributed by atoms with Gasteiger partial charge in [-0.1, -0.05) is 42.5 Å². The van der Waals surface area contributed by atoms with Gasteiger partial charge in [0, 0.05) is 11.8 Å². The van der Waals surface area contributed by atoms with Crippen molar-refractivity contribution in [3.05, 3.63) is 48.0 Å².